The van der Waals surface area contributed by atoms with Gasteiger partial charge < -0.3 is 5.32 Å². The maximum atomic E-state index is 5.85. The van der Waals surface area contributed by atoms with Gasteiger partial charge in [-0.2, -0.15) is 0 Å². The fourth-order valence-corrected chi connectivity index (χ4v) is 2.25. The lowest BCUT2D eigenvalue weighted by Gasteiger charge is -2.24. The summed E-state index contributed by atoms with van der Waals surface area (Å²) in [5.41, 5.74) is 1.33. The molecule has 1 aliphatic rings. The molecular weight excluding hydrogens is 234 g/mol. The Morgan fingerprint density at radius 2 is 2.18 bits per heavy atom. The second kappa shape index (κ2) is 6.62. The fraction of sp³-hybridized carbons (Fsp3) is 0.462. The smallest absolute Gasteiger partial charge is 0.0827 e. The molecule has 0 saturated heterocycles. The molecule has 4 heteroatoms. The number of aliphatic imine (C=N–C) groups is 1. The van der Waals surface area contributed by atoms with Gasteiger partial charge >= 0.3 is 0 Å². The van der Waals surface area contributed by atoms with E-state index in [4.69, 9.17) is 11.6 Å². The minimum atomic E-state index is 0.432. The van der Waals surface area contributed by atoms with Crippen molar-refractivity contribution in [2.45, 2.75) is 12.6 Å². The largest absolute Gasteiger partial charge is 0.371 e. The van der Waals surface area contributed by atoms with Crippen LogP contribution in [0.5, 0.6) is 0 Å². The molecule has 0 amide bonds. The standard InChI is InChI=1S/C13H18ClN3/c14-6-7-17(10-13-8-15-11-16-13)9-12-4-2-1-3-5-12/h1-5,11,13H,6-10H2,(H,15,16). The summed E-state index contributed by atoms with van der Waals surface area (Å²) >= 11 is 5.85. The molecule has 17 heavy (non-hydrogen) atoms. The van der Waals surface area contributed by atoms with Gasteiger partial charge in [0.15, 0.2) is 0 Å². The molecule has 1 aromatic rings. The van der Waals surface area contributed by atoms with Crippen molar-refractivity contribution in [3.8, 4) is 0 Å². The number of hydrogen-bond donors (Lipinski definition) is 1. The first-order chi connectivity index (χ1) is 8.38. The van der Waals surface area contributed by atoms with Gasteiger partial charge in [0.2, 0.25) is 0 Å². The molecule has 0 fully saturated rings. The summed E-state index contributed by atoms with van der Waals surface area (Å²) in [4.78, 5) is 6.56. The second-order valence-electron chi connectivity index (χ2n) is 4.27. The van der Waals surface area contributed by atoms with Crippen LogP contribution in [0.15, 0.2) is 35.3 Å². The van der Waals surface area contributed by atoms with Gasteiger partial charge in [-0.25, -0.2) is 0 Å². The predicted octanol–water partition coefficient (Wildman–Crippen LogP) is 1.73. The highest BCUT2D eigenvalue weighted by Crippen LogP contribution is 2.06. The monoisotopic (exact) mass is 251 g/mol. The molecule has 0 aliphatic carbocycles. The summed E-state index contributed by atoms with van der Waals surface area (Å²) in [6.07, 6.45) is 1.80. The highest BCUT2D eigenvalue weighted by Gasteiger charge is 2.15. The van der Waals surface area contributed by atoms with E-state index in [9.17, 15) is 0 Å². The summed E-state index contributed by atoms with van der Waals surface area (Å²) in [7, 11) is 0. The molecule has 1 heterocycles. The molecule has 0 aromatic heterocycles. The molecule has 92 valence electrons. The number of nitrogens with zero attached hydrogens (tertiary/aromatic N) is 2. The summed E-state index contributed by atoms with van der Waals surface area (Å²) in [6, 6.07) is 10.9. The Kier molecular flexibility index (Phi) is 4.83. The third-order valence-corrected chi connectivity index (χ3v) is 3.02. The van der Waals surface area contributed by atoms with E-state index in [2.05, 4.69) is 39.5 Å². The van der Waals surface area contributed by atoms with Crippen LogP contribution in [0.25, 0.3) is 0 Å². The average molecular weight is 252 g/mol. The Morgan fingerprint density at radius 1 is 1.35 bits per heavy atom. The average Bonchev–Trinajstić information content (AvgIpc) is 2.83. The van der Waals surface area contributed by atoms with Crippen LogP contribution in [0, 0.1) is 0 Å². The Bertz CT molecular complexity index is 345. The van der Waals surface area contributed by atoms with E-state index in [0.717, 1.165) is 26.2 Å². The molecule has 1 aromatic carbocycles. The van der Waals surface area contributed by atoms with Crippen molar-refractivity contribution in [2.24, 2.45) is 4.99 Å². The normalized spacial score (nSPS) is 18.6. The quantitative estimate of drug-likeness (QED) is 0.780. The minimum absolute atomic E-state index is 0.432. The first kappa shape index (κ1) is 12.4. The van der Waals surface area contributed by atoms with E-state index in [-0.39, 0.29) is 0 Å². The van der Waals surface area contributed by atoms with Crippen LogP contribution in [-0.4, -0.2) is 42.8 Å². The van der Waals surface area contributed by atoms with E-state index < -0.39 is 0 Å². The molecular formula is C13H18ClN3. The lowest BCUT2D eigenvalue weighted by atomic mass is 10.2. The van der Waals surface area contributed by atoms with Crippen LogP contribution in [0.4, 0.5) is 0 Å². The van der Waals surface area contributed by atoms with Gasteiger partial charge in [-0.15, -0.1) is 11.6 Å². The molecule has 0 saturated carbocycles. The van der Waals surface area contributed by atoms with Crippen LogP contribution in [-0.2, 0) is 6.54 Å². The molecule has 3 nitrogen and oxygen atoms in total. The van der Waals surface area contributed by atoms with Crippen molar-refractivity contribution < 1.29 is 0 Å². The number of halogens is 1. The predicted molar refractivity (Wildman–Crippen MR) is 72.7 cm³/mol. The first-order valence-corrected chi connectivity index (χ1v) is 6.48. The summed E-state index contributed by atoms with van der Waals surface area (Å²) in [5, 5.41) is 3.25. The van der Waals surface area contributed by atoms with Gasteiger partial charge in [0.1, 0.15) is 0 Å². The zero-order valence-electron chi connectivity index (χ0n) is 9.85. The van der Waals surface area contributed by atoms with E-state index in [1.54, 1.807) is 6.34 Å². The third kappa shape index (κ3) is 4.02. The van der Waals surface area contributed by atoms with Gasteiger partial charge in [-0.05, 0) is 5.56 Å². The van der Waals surface area contributed by atoms with Gasteiger partial charge in [0.25, 0.3) is 0 Å². The summed E-state index contributed by atoms with van der Waals surface area (Å²) in [6.45, 7) is 3.72. The maximum Gasteiger partial charge on any atom is 0.0827 e. The molecule has 1 aliphatic heterocycles. The number of hydrogen-bond acceptors (Lipinski definition) is 3. The lowest BCUT2D eigenvalue weighted by Crippen LogP contribution is -2.40. The van der Waals surface area contributed by atoms with E-state index in [0.29, 0.717) is 11.9 Å². The van der Waals surface area contributed by atoms with Gasteiger partial charge in [-0.3, -0.25) is 9.89 Å². The van der Waals surface area contributed by atoms with Crippen molar-refractivity contribution in [3.05, 3.63) is 35.9 Å². The number of rotatable bonds is 6. The molecule has 0 spiro atoms. The molecule has 1 atom stereocenters. The summed E-state index contributed by atoms with van der Waals surface area (Å²) < 4.78 is 0. The van der Waals surface area contributed by atoms with Crippen LogP contribution >= 0.6 is 11.6 Å². The van der Waals surface area contributed by atoms with Crippen LogP contribution in [0.1, 0.15) is 5.56 Å². The van der Waals surface area contributed by atoms with Gasteiger partial charge in [0, 0.05) is 25.5 Å². The topological polar surface area (TPSA) is 27.6 Å². The van der Waals surface area contributed by atoms with E-state index in [1.165, 1.54) is 5.56 Å². The molecule has 1 unspecified atom stereocenters. The highest BCUT2D eigenvalue weighted by atomic mass is 35.5. The zero-order chi connectivity index (χ0) is 11.9. The maximum absolute atomic E-state index is 5.85. The van der Waals surface area contributed by atoms with Crippen LogP contribution in [0.3, 0.4) is 0 Å². The molecule has 0 radical (unpaired) electrons. The minimum Gasteiger partial charge on any atom is -0.371 e. The molecule has 2 rings (SSSR count). The summed E-state index contributed by atoms with van der Waals surface area (Å²) in [5.74, 6) is 0.667. The fourth-order valence-electron chi connectivity index (χ4n) is 2.01. The van der Waals surface area contributed by atoms with Crippen molar-refractivity contribution in [1.29, 1.82) is 0 Å². The number of nitrogens with one attached hydrogen (secondary N) is 1. The van der Waals surface area contributed by atoms with E-state index >= 15 is 0 Å². The Morgan fingerprint density at radius 3 is 2.82 bits per heavy atom. The second-order valence-corrected chi connectivity index (χ2v) is 4.65. The van der Waals surface area contributed by atoms with Crippen molar-refractivity contribution in [3.63, 3.8) is 0 Å². The van der Waals surface area contributed by atoms with Crippen molar-refractivity contribution in [1.82, 2.24) is 10.2 Å². The Labute approximate surface area is 107 Å². The molecule has 1 N–H and O–H groups in total. The highest BCUT2D eigenvalue weighted by molar-refractivity contribution is 6.18. The van der Waals surface area contributed by atoms with E-state index in [1.807, 2.05) is 6.07 Å². The first-order valence-electron chi connectivity index (χ1n) is 5.95. The van der Waals surface area contributed by atoms with Gasteiger partial charge in [0.05, 0.1) is 18.9 Å². The Balaban J connectivity index is 1.88. The lowest BCUT2D eigenvalue weighted by molar-refractivity contribution is 0.261. The van der Waals surface area contributed by atoms with Crippen LogP contribution in [0.2, 0.25) is 0 Å². The van der Waals surface area contributed by atoms with Crippen LogP contribution < -0.4 is 5.32 Å². The Hall–Kier alpha value is -1.06. The SMILES string of the molecule is ClCCN(Cc1ccccc1)CC1CN=CN1. The van der Waals surface area contributed by atoms with Gasteiger partial charge in [-0.1, -0.05) is 30.3 Å². The zero-order valence-corrected chi connectivity index (χ0v) is 10.6. The number of benzene rings is 1. The van der Waals surface area contributed by atoms with Crippen molar-refractivity contribution in [2.75, 3.05) is 25.5 Å². The third-order valence-electron chi connectivity index (χ3n) is 2.86. The van der Waals surface area contributed by atoms with Crippen molar-refractivity contribution >= 4 is 17.9 Å². The number of alkyl halides is 1. The molecule has 0 bridgehead atoms.